The van der Waals surface area contributed by atoms with Crippen LogP contribution in [0.5, 0.6) is 0 Å². The van der Waals surface area contributed by atoms with Gasteiger partial charge in [-0.2, -0.15) is 0 Å². The van der Waals surface area contributed by atoms with Gasteiger partial charge in [-0.3, -0.25) is 4.79 Å². The summed E-state index contributed by atoms with van der Waals surface area (Å²) in [5.41, 5.74) is 1.35. The largest absolute Gasteiger partial charge is 0.315 e. The Morgan fingerprint density at radius 1 is 1.29 bits per heavy atom. The third kappa shape index (κ3) is 3.09. The number of H-pyrrole nitrogens is 1. The molecule has 5 nitrogen and oxygen atoms in total. The fourth-order valence-corrected chi connectivity index (χ4v) is 5.00. The standard InChI is InChI=1S/C14H16N2O3S2/c1-9-13(20-14(17)15-9)21(18,19)16-12(11-7-8-11)10-5-3-2-4-6-10/h2-6,11-12,16H,7-8H2,1H3,(H,15,17). The van der Waals surface area contributed by atoms with Crippen molar-refractivity contribution < 1.29 is 8.42 Å². The number of aryl methyl sites for hydroxylation is 1. The van der Waals surface area contributed by atoms with Crippen molar-refractivity contribution in [2.24, 2.45) is 5.92 Å². The van der Waals surface area contributed by atoms with Gasteiger partial charge in [0.05, 0.1) is 0 Å². The van der Waals surface area contributed by atoms with E-state index in [4.69, 9.17) is 0 Å². The van der Waals surface area contributed by atoms with Crippen LogP contribution in [-0.4, -0.2) is 13.4 Å². The van der Waals surface area contributed by atoms with Gasteiger partial charge in [-0.15, -0.1) is 0 Å². The van der Waals surface area contributed by atoms with E-state index >= 15 is 0 Å². The Morgan fingerprint density at radius 2 is 1.95 bits per heavy atom. The molecule has 1 aromatic heterocycles. The lowest BCUT2D eigenvalue weighted by molar-refractivity contribution is 0.530. The molecule has 0 aliphatic heterocycles. The summed E-state index contributed by atoms with van der Waals surface area (Å²) in [6.07, 6.45) is 2.04. The van der Waals surface area contributed by atoms with E-state index in [1.54, 1.807) is 6.92 Å². The molecule has 1 aromatic carbocycles. The van der Waals surface area contributed by atoms with Crippen LogP contribution in [-0.2, 0) is 10.0 Å². The van der Waals surface area contributed by atoms with E-state index in [-0.39, 0.29) is 15.1 Å². The molecule has 0 saturated heterocycles. The van der Waals surface area contributed by atoms with Crippen LogP contribution in [0.15, 0.2) is 39.3 Å². The quantitative estimate of drug-likeness (QED) is 0.885. The zero-order chi connectivity index (χ0) is 15.0. The Bertz CT molecular complexity index is 789. The summed E-state index contributed by atoms with van der Waals surface area (Å²) in [6.45, 7) is 1.60. The normalized spacial score (nSPS) is 16.8. The molecule has 3 rings (SSSR count). The Hall–Kier alpha value is -1.44. The zero-order valence-corrected chi connectivity index (χ0v) is 13.1. The van der Waals surface area contributed by atoms with Gasteiger partial charge in [0.15, 0.2) is 4.21 Å². The summed E-state index contributed by atoms with van der Waals surface area (Å²) in [6, 6.07) is 9.34. The van der Waals surface area contributed by atoms with Gasteiger partial charge >= 0.3 is 4.87 Å². The highest BCUT2D eigenvalue weighted by molar-refractivity contribution is 7.91. The van der Waals surface area contributed by atoms with E-state index < -0.39 is 10.0 Å². The maximum atomic E-state index is 12.5. The number of thiazole rings is 1. The summed E-state index contributed by atoms with van der Waals surface area (Å²) in [5.74, 6) is 0.332. The molecular weight excluding hydrogens is 308 g/mol. The first-order valence-corrected chi connectivity index (χ1v) is 9.04. The first-order valence-electron chi connectivity index (χ1n) is 6.74. The molecule has 0 radical (unpaired) electrons. The second kappa shape index (κ2) is 5.40. The molecule has 1 fully saturated rings. The molecule has 1 heterocycles. The highest BCUT2D eigenvalue weighted by Crippen LogP contribution is 2.41. The van der Waals surface area contributed by atoms with E-state index in [0.717, 1.165) is 29.7 Å². The molecule has 1 unspecified atom stereocenters. The highest BCUT2D eigenvalue weighted by atomic mass is 32.2. The number of rotatable bonds is 5. The van der Waals surface area contributed by atoms with Gasteiger partial charge in [0, 0.05) is 11.7 Å². The van der Waals surface area contributed by atoms with Crippen LogP contribution >= 0.6 is 11.3 Å². The molecule has 21 heavy (non-hydrogen) atoms. The van der Waals surface area contributed by atoms with Crippen LogP contribution in [0.2, 0.25) is 0 Å². The molecule has 112 valence electrons. The Morgan fingerprint density at radius 3 is 2.48 bits per heavy atom. The first-order chi connectivity index (χ1) is 9.97. The summed E-state index contributed by atoms with van der Waals surface area (Å²) < 4.78 is 27.9. The molecule has 2 aromatic rings. The number of nitrogens with one attached hydrogen (secondary N) is 2. The van der Waals surface area contributed by atoms with Gasteiger partial charge in [0.1, 0.15) is 0 Å². The second-order valence-corrected chi connectivity index (χ2v) is 8.17. The number of aromatic nitrogens is 1. The van der Waals surface area contributed by atoms with Crippen molar-refractivity contribution in [3.05, 3.63) is 51.3 Å². The second-order valence-electron chi connectivity index (χ2n) is 5.27. The van der Waals surface area contributed by atoms with Crippen molar-refractivity contribution in [1.82, 2.24) is 9.71 Å². The summed E-state index contributed by atoms with van der Waals surface area (Å²) in [4.78, 5) is 13.5. The number of aromatic amines is 1. The monoisotopic (exact) mass is 324 g/mol. The molecular formula is C14H16N2O3S2. The van der Waals surface area contributed by atoms with Crippen LogP contribution in [0.3, 0.4) is 0 Å². The zero-order valence-electron chi connectivity index (χ0n) is 11.5. The van der Waals surface area contributed by atoms with Gasteiger partial charge in [0.25, 0.3) is 10.0 Å². The molecule has 7 heteroatoms. The summed E-state index contributed by atoms with van der Waals surface area (Å²) >= 11 is 0.729. The predicted molar refractivity (Wildman–Crippen MR) is 81.9 cm³/mol. The van der Waals surface area contributed by atoms with Crippen molar-refractivity contribution in [2.45, 2.75) is 30.0 Å². The van der Waals surface area contributed by atoms with Crippen molar-refractivity contribution in [3.8, 4) is 0 Å². The number of hydrogen-bond acceptors (Lipinski definition) is 4. The van der Waals surface area contributed by atoms with E-state index in [2.05, 4.69) is 9.71 Å². The minimum absolute atomic E-state index is 0.0779. The average Bonchev–Trinajstić information content (AvgIpc) is 3.22. The van der Waals surface area contributed by atoms with Crippen LogP contribution in [0.25, 0.3) is 0 Å². The number of sulfonamides is 1. The van der Waals surface area contributed by atoms with Crippen molar-refractivity contribution in [2.75, 3.05) is 0 Å². The Balaban J connectivity index is 1.93. The predicted octanol–water partition coefficient (Wildman–Crippen LogP) is 2.17. The van der Waals surface area contributed by atoms with E-state index in [0.29, 0.717) is 11.6 Å². The van der Waals surface area contributed by atoms with Crippen molar-refractivity contribution in [3.63, 3.8) is 0 Å². The van der Waals surface area contributed by atoms with Crippen LogP contribution < -0.4 is 9.60 Å². The molecule has 0 amide bonds. The Labute approximate surface area is 127 Å². The fourth-order valence-electron chi connectivity index (χ4n) is 2.39. The smallest absolute Gasteiger partial charge is 0.305 e. The fraction of sp³-hybridized carbons (Fsp3) is 0.357. The molecule has 0 bridgehead atoms. The minimum Gasteiger partial charge on any atom is -0.315 e. The van der Waals surface area contributed by atoms with Crippen LogP contribution in [0, 0.1) is 12.8 Å². The number of benzene rings is 1. The third-order valence-electron chi connectivity index (χ3n) is 3.56. The number of hydrogen-bond donors (Lipinski definition) is 2. The molecule has 1 aliphatic rings. The third-order valence-corrected chi connectivity index (χ3v) is 6.61. The molecule has 1 atom stereocenters. The summed E-state index contributed by atoms with van der Waals surface area (Å²) in [5, 5.41) is 0. The van der Waals surface area contributed by atoms with Crippen molar-refractivity contribution in [1.29, 1.82) is 0 Å². The van der Waals surface area contributed by atoms with Crippen LogP contribution in [0.1, 0.15) is 30.1 Å². The molecule has 2 N–H and O–H groups in total. The van der Waals surface area contributed by atoms with E-state index in [9.17, 15) is 13.2 Å². The van der Waals surface area contributed by atoms with Gasteiger partial charge in [-0.05, 0) is 31.2 Å². The SMILES string of the molecule is Cc1[nH]c(=O)sc1S(=O)(=O)NC(c1ccccc1)C1CC1. The summed E-state index contributed by atoms with van der Waals surface area (Å²) in [7, 11) is -3.69. The van der Waals surface area contributed by atoms with Gasteiger partial charge in [0.2, 0.25) is 0 Å². The van der Waals surface area contributed by atoms with Gasteiger partial charge in [-0.25, -0.2) is 13.1 Å². The average molecular weight is 324 g/mol. The first kappa shape index (κ1) is 14.5. The Kier molecular flexibility index (Phi) is 3.73. The molecule has 1 saturated carbocycles. The van der Waals surface area contributed by atoms with Gasteiger partial charge < -0.3 is 4.98 Å². The molecule has 0 spiro atoms. The lowest BCUT2D eigenvalue weighted by Crippen LogP contribution is -2.29. The van der Waals surface area contributed by atoms with Crippen molar-refractivity contribution >= 4 is 21.4 Å². The maximum absolute atomic E-state index is 12.5. The van der Waals surface area contributed by atoms with Crippen LogP contribution in [0.4, 0.5) is 0 Å². The maximum Gasteiger partial charge on any atom is 0.305 e. The minimum atomic E-state index is -3.69. The van der Waals surface area contributed by atoms with E-state index in [1.807, 2.05) is 30.3 Å². The highest BCUT2D eigenvalue weighted by Gasteiger charge is 2.36. The van der Waals surface area contributed by atoms with Gasteiger partial charge in [-0.1, -0.05) is 41.7 Å². The topological polar surface area (TPSA) is 79.0 Å². The lowest BCUT2D eigenvalue weighted by Gasteiger charge is -2.18. The van der Waals surface area contributed by atoms with E-state index in [1.165, 1.54) is 0 Å². The molecule has 1 aliphatic carbocycles. The lowest BCUT2D eigenvalue weighted by atomic mass is 10.0.